The molecule has 0 spiro atoms. The van der Waals surface area contributed by atoms with Crippen molar-refractivity contribution in [2.24, 2.45) is 11.3 Å². The molecule has 4 nitrogen and oxygen atoms in total. The van der Waals surface area contributed by atoms with Crippen LogP contribution >= 0.6 is 0 Å². The molecular weight excluding hydrogens is 218 g/mol. The normalized spacial score (nSPS) is 36.9. The van der Waals surface area contributed by atoms with Gasteiger partial charge in [0, 0.05) is 19.7 Å². The van der Waals surface area contributed by atoms with Crippen molar-refractivity contribution in [1.82, 2.24) is 4.90 Å². The number of rotatable bonds is 4. The first-order chi connectivity index (χ1) is 8.15. The molecule has 0 saturated carbocycles. The molecular formula is C13H23NO3. The van der Waals surface area contributed by atoms with Crippen molar-refractivity contribution in [3.63, 3.8) is 0 Å². The van der Waals surface area contributed by atoms with E-state index in [-0.39, 0.29) is 11.5 Å². The average molecular weight is 241 g/mol. The van der Waals surface area contributed by atoms with Crippen LogP contribution < -0.4 is 0 Å². The van der Waals surface area contributed by atoms with E-state index in [4.69, 9.17) is 4.74 Å². The smallest absolute Gasteiger partial charge is 0.129 e. The van der Waals surface area contributed by atoms with Gasteiger partial charge < -0.3 is 19.5 Å². The predicted octanol–water partition coefficient (Wildman–Crippen LogP) is 0.685. The van der Waals surface area contributed by atoms with Crippen LogP contribution in [0.1, 0.15) is 26.2 Å². The van der Waals surface area contributed by atoms with E-state index < -0.39 is 0 Å². The summed E-state index contributed by atoms with van der Waals surface area (Å²) in [6.45, 7) is 5.89. The molecule has 0 radical (unpaired) electrons. The monoisotopic (exact) mass is 241 g/mol. The molecule has 0 bridgehead atoms. The Bertz CT molecular complexity index is 261. The number of hydrogen-bond acceptors (Lipinski definition) is 4. The summed E-state index contributed by atoms with van der Waals surface area (Å²) in [5.41, 5.74) is -0.300. The van der Waals surface area contributed by atoms with Gasteiger partial charge in [0.15, 0.2) is 0 Å². The van der Waals surface area contributed by atoms with E-state index in [0.29, 0.717) is 12.5 Å². The second-order valence-corrected chi connectivity index (χ2v) is 5.66. The van der Waals surface area contributed by atoms with Gasteiger partial charge >= 0.3 is 0 Å². The summed E-state index contributed by atoms with van der Waals surface area (Å²) in [5, 5.41) is 9.58. The highest BCUT2D eigenvalue weighted by Gasteiger charge is 2.37. The van der Waals surface area contributed by atoms with Gasteiger partial charge in [-0.3, -0.25) is 0 Å². The Morgan fingerprint density at radius 1 is 1.65 bits per heavy atom. The fourth-order valence-electron chi connectivity index (χ4n) is 2.97. The summed E-state index contributed by atoms with van der Waals surface area (Å²) in [6, 6.07) is 0. The van der Waals surface area contributed by atoms with E-state index in [0.717, 1.165) is 51.8 Å². The van der Waals surface area contributed by atoms with Crippen molar-refractivity contribution in [3.8, 4) is 0 Å². The fraction of sp³-hybridized carbons (Fsp3) is 0.923. The molecule has 2 aliphatic rings. The number of carbonyl (C=O) groups excluding carboxylic acids is 1. The molecule has 2 saturated heterocycles. The van der Waals surface area contributed by atoms with Gasteiger partial charge in [-0.1, -0.05) is 0 Å². The van der Waals surface area contributed by atoms with Crippen molar-refractivity contribution >= 4 is 6.29 Å². The molecule has 0 aromatic rings. The lowest BCUT2D eigenvalue weighted by molar-refractivity contribution is -0.125. The number of ether oxygens (including phenoxy) is 1. The van der Waals surface area contributed by atoms with E-state index >= 15 is 0 Å². The summed E-state index contributed by atoms with van der Waals surface area (Å²) in [6.07, 6.45) is 3.79. The highest BCUT2D eigenvalue weighted by molar-refractivity contribution is 5.60. The number of likely N-dealkylation sites (tertiary alicyclic amines) is 1. The summed E-state index contributed by atoms with van der Waals surface area (Å²) < 4.78 is 5.45. The van der Waals surface area contributed by atoms with E-state index in [2.05, 4.69) is 4.90 Å². The second kappa shape index (κ2) is 5.46. The Balaban J connectivity index is 1.89. The minimum Gasteiger partial charge on any atom is -0.393 e. The zero-order valence-corrected chi connectivity index (χ0v) is 10.6. The van der Waals surface area contributed by atoms with Gasteiger partial charge in [0.1, 0.15) is 6.29 Å². The van der Waals surface area contributed by atoms with Gasteiger partial charge in [0.25, 0.3) is 0 Å². The molecule has 0 aromatic carbocycles. The van der Waals surface area contributed by atoms with Gasteiger partial charge in [0.05, 0.1) is 18.1 Å². The number of hydrogen-bond donors (Lipinski definition) is 1. The molecule has 0 amide bonds. The fourth-order valence-corrected chi connectivity index (χ4v) is 2.97. The number of aliphatic hydroxyl groups is 1. The van der Waals surface area contributed by atoms with Gasteiger partial charge in [0.2, 0.25) is 0 Å². The van der Waals surface area contributed by atoms with E-state index in [1.165, 1.54) is 0 Å². The quantitative estimate of drug-likeness (QED) is 0.736. The Kier molecular flexibility index (Phi) is 4.17. The molecule has 98 valence electrons. The average Bonchev–Trinajstić information content (AvgIpc) is 2.79. The summed E-state index contributed by atoms with van der Waals surface area (Å²) in [4.78, 5) is 13.6. The van der Waals surface area contributed by atoms with Crippen LogP contribution in [0.5, 0.6) is 0 Å². The zero-order chi connectivity index (χ0) is 12.3. The summed E-state index contributed by atoms with van der Waals surface area (Å²) in [5.74, 6) is 0.364. The SMILES string of the molecule is CC(O)C1CCN(CC2(C=O)CCCOC2)C1. The van der Waals surface area contributed by atoms with E-state index in [1.54, 1.807) is 0 Å². The van der Waals surface area contributed by atoms with Crippen LogP contribution in [0, 0.1) is 11.3 Å². The van der Waals surface area contributed by atoms with Crippen LogP contribution in [-0.2, 0) is 9.53 Å². The Morgan fingerprint density at radius 3 is 3.00 bits per heavy atom. The Labute approximate surface area is 103 Å². The van der Waals surface area contributed by atoms with Crippen LogP contribution in [0.3, 0.4) is 0 Å². The third kappa shape index (κ3) is 3.06. The van der Waals surface area contributed by atoms with Gasteiger partial charge in [-0.25, -0.2) is 0 Å². The van der Waals surface area contributed by atoms with Crippen LogP contribution in [0.4, 0.5) is 0 Å². The number of aliphatic hydroxyl groups excluding tert-OH is 1. The zero-order valence-electron chi connectivity index (χ0n) is 10.6. The lowest BCUT2D eigenvalue weighted by Gasteiger charge is -2.35. The molecule has 2 fully saturated rings. The number of nitrogens with zero attached hydrogens (tertiary/aromatic N) is 1. The predicted molar refractivity (Wildman–Crippen MR) is 64.8 cm³/mol. The largest absolute Gasteiger partial charge is 0.393 e. The second-order valence-electron chi connectivity index (χ2n) is 5.66. The lowest BCUT2D eigenvalue weighted by atomic mass is 9.83. The molecule has 2 rings (SSSR count). The maximum Gasteiger partial charge on any atom is 0.129 e. The molecule has 2 heterocycles. The first-order valence-electron chi connectivity index (χ1n) is 6.60. The molecule has 0 aliphatic carbocycles. The van der Waals surface area contributed by atoms with Crippen LogP contribution in [0.25, 0.3) is 0 Å². The summed E-state index contributed by atoms with van der Waals surface area (Å²) >= 11 is 0. The standard InChI is InChI=1S/C13H23NO3/c1-11(16)12-3-5-14(7-12)8-13(9-15)4-2-6-17-10-13/h9,11-12,16H,2-8,10H2,1H3. The molecule has 0 aromatic heterocycles. The van der Waals surface area contributed by atoms with Crippen LogP contribution in [0.2, 0.25) is 0 Å². The third-order valence-electron chi connectivity index (χ3n) is 4.13. The number of aldehydes is 1. The van der Waals surface area contributed by atoms with Crippen LogP contribution in [0.15, 0.2) is 0 Å². The van der Waals surface area contributed by atoms with Crippen molar-refractivity contribution in [1.29, 1.82) is 0 Å². The minimum absolute atomic E-state index is 0.241. The highest BCUT2D eigenvalue weighted by Crippen LogP contribution is 2.30. The molecule has 4 heteroatoms. The molecule has 1 N–H and O–H groups in total. The first kappa shape index (κ1) is 13.0. The Hall–Kier alpha value is -0.450. The van der Waals surface area contributed by atoms with Gasteiger partial charge in [-0.2, -0.15) is 0 Å². The number of carbonyl (C=O) groups is 1. The molecule has 3 atom stereocenters. The Morgan fingerprint density at radius 2 is 2.47 bits per heavy atom. The van der Waals surface area contributed by atoms with Gasteiger partial charge in [-0.15, -0.1) is 0 Å². The van der Waals surface area contributed by atoms with Crippen molar-refractivity contribution in [3.05, 3.63) is 0 Å². The van der Waals surface area contributed by atoms with E-state index in [1.807, 2.05) is 6.92 Å². The van der Waals surface area contributed by atoms with Crippen molar-refractivity contribution in [2.45, 2.75) is 32.3 Å². The maximum absolute atomic E-state index is 11.3. The molecule has 17 heavy (non-hydrogen) atoms. The minimum atomic E-state index is -0.300. The molecule has 3 unspecified atom stereocenters. The van der Waals surface area contributed by atoms with Crippen molar-refractivity contribution in [2.75, 3.05) is 32.8 Å². The van der Waals surface area contributed by atoms with E-state index in [9.17, 15) is 9.90 Å². The first-order valence-corrected chi connectivity index (χ1v) is 6.60. The highest BCUT2D eigenvalue weighted by atomic mass is 16.5. The third-order valence-corrected chi connectivity index (χ3v) is 4.13. The maximum atomic E-state index is 11.3. The lowest BCUT2D eigenvalue weighted by Crippen LogP contribution is -2.43. The van der Waals surface area contributed by atoms with Crippen LogP contribution in [-0.4, -0.2) is 55.2 Å². The van der Waals surface area contributed by atoms with Gasteiger partial charge in [-0.05, 0) is 38.6 Å². The molecule has 2 aliphatic heterocycles. The topological polar surface area (TPSA) is 49.8 Å². The van der Waals surface area contributed by atoms with Crippen molar-refractivity contribution < 1.29 is 14.6 Å². The summed E-state index contributed by atoms with van der Waals surface area (Å²) in [7, 11) is 0.